The van der Waals surface area contributed by atoms with Gasteiger partial charge in [0.25, 0.3) is 5.91 Å². The number of rotatable bonds is 6. The quantitative estimate of drug-likeness (QED) is 0.433. The van der Waals surface area contributed by atoms with Gasteiger partial charge in [0, 0.05) is 6.54 Å². The first-order valence-electron chi connectivity index (χ1n) is 7.42. The number of nitrogens with one attached hydrogen (secondary N) is 2. The van der Waals surface area contributed by atoms with Gasteiger partial charge in [0.05, 0.1) is 0 Å². The van der Waals surface area contributed by atoms with Crippen LogP contribution in [0, 0.1) is 12.8 Å². The first-order valence-corrected chi connectivity index (χ1v) is 7.42. The third-order valence-electron chi connectivity index (χ3n) is 3.74. The van der Waals surface area contributed by atoms with Crippen molar-refractivity contribution in [2.75, 3.05) is 0 Å². The summed E-state index contributed by atoms with van der Waals surface area (Å²) in [4.78, 5) is 24.2. The van der Waals surface area contributed by atoms with E-state index in [2.05, 4.69) is 5.32 Å². The molecule has 0 aliphatic carbocycles. The Bertz CT molecular complexity index is 671. The summed E-state index contributed by atoms with van der Waals surface area (Å²) in [6.07, 6.45) is 0.229. The summed E-state index contributed by atoms with van der Waals surface area (Å²) in [6.45, 7) is 2.30. The van der Waals surface area contributed by atoms with E-state index in [0.29, 0.717) is 6.54 Å². The number of carbonyl (C=O) groups is 2. The lowest BCUT2D eigenvalue weighted by molar-refractivity contribution is -0.140. The average Bonchev–Trinajstić information content (AvgIpc) is 2.59. The second kappa shape index (κ2) is 8.10. The van der Waals surface area contributed by atoms with Crippen LogP contribution in [0.5, 0.6) is 0 Å². The van der Waals surface area contributed by atoms with E-state index in [9.17, 15) is 9.59 Å². The molecule has 0 heterocycles. The van der Waals surface area contributed by atoms with Crippen LogP contribution in [0.15, 0.2) is 54.6 Å². The Morgan fingerprint density at radius 2 is 1.65 bits per heavy atom. The van der Waals surface area contributed by atoms with E-state index in [1.165, 1.54) is 0 Å². The maximum Gasteiger partial charge on any atom is 0.256 e. The van der Waals surface area contributed by atoms with E-state index in [0.717, 1.165) is 16.7 Å². The van der Waals surface area contributed by atoms with Crippen LogP contribution in [0.25, 0.3) is 0 Å². The van der Waals surface area contributed by atoms with E-state index in [1.807, 2.05) is 61.5 Å². The number of hydrogen-bond acceptors (Lipinski definition) is 3. The second-order valence-electron chi connectivity index (χ2n) is 5.36. The molecule has 3 N–H and O–H groups in total. The molecule has 2 aromatic rings. The van der Waals surface area contributed by atoms with Crippen molar-refractivity contribution in [2.24, 2.45) is 5.92 Å². The van der Waals surface area contributed by atoms with E-state index in [-0.39, 0.29) is 6.42 Å². The average molecular weight is 312 g/mol. The maximum atomic E-state index is 12.3. The van der Waals surface area contributed by atoms with Crippen molar-refractivity contribution in [3.63, 3.8) is 0 Å². The first kappa shape index (κ1) is 16.7. The van der Waals surface area contributed by atoms with Crippen LogP contribution in [-0.4, -0.2) is 17.0 Å². The van der Waals surface area contributed by atoms with Crippen molar-refractivity contribution in [1.82, 2.24) is 10.8 Å². The van der Waals surface area contributed by atoms with Gasteiger partial charge >= 0.3 is 0 Å². The largest absolute Gasteiger partial charge is 0.351 e. The molecule has 2 aromatic carbocycles. The third-order valence-corrected chi connectivity index (χ3v) is 3.74. The van der Waals surface area contributed by atoms with Crippen molar-refractivity contribution in [1.29, 1.82) is 0 Å². The molecular weight excluding hydrogens is 292 g/mol. The van der Waals surface area contributed by atoms with E-state index in [1.54, 1.807) is 5.48 Å². The molecule has 1 atom stereocenters. The Morgan fingerprint density at radius 3 is 2.30 bits per heavy atom. The van der Waals surface area contributed by atoms with Gasteiger partial charge in [0.2, 0.25) is 5.91 Å². The Hall–Kier alpha value is -2.66. The number of amides is 2. The SMILES string of the molecule is Cc1ccccc1CNC(=O)C(Cc1ccccc1)C(=O)NO. The van der Waals surface area contributed by atoms with Gasteiger partial charge in [-0.15, -0.1) is 0 Å². The highest BCUT2D eigenvalue weighted by Crippen LogP contribution is 2.11. The van der Waals surface area contributed by atoms with Gasteiger partial charge in [0.15, 0.2) is 0 Å². The van der Waals surface area contributed by atoms with E-state index >= 15 is 0 Å². The van der Waals surface area contributed by atoms with Crippen molar-refractivity contribution >= 4 is 11.8 Å². The zero-order valence-electron chi connectivity index (χ0n) is 13.0. The molecule has 0 aromatic heterocycles. The van der Waals surface area contributed by atoms with Gasteiger partial charge in [-0.25, -0.2) is 5.48 Å². The van der Waals surface area contributed by atoms with Crippen LogP contribution in [0.1, 0.15) is 16.7 Å². The van der Waals surface area contributed by atoms with Crippen LogP contribution in [0.4, 0.5) is 0 Å². The van der Waals surface area contributed by atoms with Crippen molar-refractivity contribution < 1.29 is 14.8 Å². The molecule has 1 unspecified atom stereocenters. The standard InChI is InChI=1S/C18H20N2O3/c1-13-7-5-6-10-15(13)12-19-17(21)16(18(22)20-23)11-14-8-3-2-4-9-14/h2-10,16,23H,11-12H2,1H3,(H,19,21)(H,20,22). The highest BCUT2D eigenvalue weighted by molar-refractivity contribution is 6.00. The van der Waals surface area contributed by atoms with Gasteiger partial charge < -0.3 is 5.32 Å². The fraction of sp³-hybridized carbons (Fsp3) is 0.222. The highest BCUT2D eigenvalue weighted by atomic mass is 16.5. The minimum atomic E-state index is -0.980. The molecule has 0 aliphatic heterocycles. The maximum absolute atomic E-state index is 12.3. The predicted molar refractivity (Wildman–Crippen MR) is 86.6 cm³/mol. The molecule has 5 heteroatoms. The van der Waals surface area contributed by atoms with Gasteiger partial charge in [0.1, 0.15) is 5.92 Å². The second-order valence-corrected chi connectivity index (χ2v) is 5.36. The summed E-state index contributed by atoms with van der Waals surface area (Å²) in [5, 5.41) is 11.6. The molecule has 0 bridgehead atoms. The molecule has 0 aliphatic rings. The normalized spacial score (nSPS) is 11.6. The summed E-state index contributed by atoms with van der Waals surface area (Å²) in [5.74, 6) is -2.11. The topological polar surface area (TPSA) is 78.4 Å². The zero-order valence-corrected chi connectivity index (χ0v) is 13.0. The fourth-order valence-corrected chi connectivity index (χ4v) is 2.35. The van der Waals surface area contributed by atoms with Gasteiger partial charge in [-0.3, -0.25) is 14.8 Å². The van der Waals surface area contributed by atoms with Crippen LogP contribution < -0.4 is 10.8 Å². The molecule has 0 saturated carbocycles. The minimum absolute atomic E-state index is 0.229. The molecule has 2 amide bonds. The van der Waals surface area contributed by atoms with Crippen LogP contribution >= 0.6 is 0 Å². The smallest absolute Gasteiger partial charge is 0.256 e. The van der Waals surface area contributed by atoms with Crippen LogP contribution in [0.3, 0.4) is 0 Å². The lowest BCUT2D eigenvalue weighted by Gasteiger charge is -2.15. The summed E-state index contributed by atoms with van der Waals surface area (Å²) in [6, 6.07) is 16.9. The molecular formula is C18H20N2O3. The Kier molecular flexibility index (Phi) is 5.88. The molecule has 0 fully saturated rings. The Balaban J connectivity index is 2.05. The predicted octanol–water partition coefficient (Wildman–Crippen LogP) is 1.98. The molecule has 5 nitrogen and oxygen atoms in total. The van der Waals surface area contributed by atoms with Gasteiger partial charge in [-0.2, -0.15) is 0 Å². The Labute approximate surface area is 135 Å². The lowest BCUT2D eigenvalue weighted by Crippen LogP contribution is -2.41. The molecule has 0 radical (unpaired) electrons. The molecule has 23 heavy (non-hydrogen) atoms. The molecule has 120 valence electrons. The molecule has 0 spiro atoms. The zero-order chi connectivity index (χ0) is 16.7. The summed E-state index contributed by atoms with van der Waals surface area (Å²) in [7, 11) is 0. The van der Waals surface area contributed by atoms with Gasteiger partial charge in [-0.05, 0) is 30.0 Å². The van der Waals surface area contributed by atoms with E-state index < -0.39 is 17.7 Å². The Morgan fingerprint density at radius 1 is 1.00 bits per heavy atom. The van der Waals surface area contributed by atoms with E-state index in [4.69, 9.17) is 5.21 Å². The lowest BCUT2D eigenvalue weighted by atomic mass is 9.97. The van der Waals surface area contributed by atoms with Gasteiger partial charge in [-0.1, -0.05) is 54.6 Å². The number of hydrogen-bond donors (Lipinski definition) is 3. The fourth-order valence-electron chi connectivity index (χ4n) is 2.35. The van der Waals surface area contributed by atoms with Crippen molar-refractivity contribution in [2.45, 2.75) is 19.9 Å². The number of hydroxylamine groups is 1. The number of aryl methyl sites for hydroxylation is 1. The summed E-state index contributed by atoms with van der Waals surface area (Å²) < 4.78 is 0. The highest BCUT2D eigenvalue weighted by Gasteiger charge is 2.26. The first-order chi connectivity index (χ1) is 11.1. The molecule has 0 saturated heterocycles. The van der Waals surface area contributed by atoms with Crippen LogP contribution in [0.2, 0.25) is 0 Å². The number of benzene rings is 2. The number of carbonyl (C=O) groups excluding carboxylic acids is 2. The molecule has 2 rings (SSSR count). The van der Waals surface area contributed by atoms with Crippen LogP contribution in [-0.2, 0) is 22.6 Å². The summed E-state index contributed by atoms with van der Waals surface area (Å²) in [5.41, 5.74) is 4.49. The third kappa shape index (κ3) is 4.66. The van der Waals surface area contributed by atoms with Crippen molar-refractivity contribution in [3.05, 3.63) is 71.3 Å². The monoisotopic (exact) mass is 312 g/mol. The minimum Gasteiger partial charge on any atom is -0.351 e. The summed E-state index contributed by atoms with van der Waals surface area (Å²) >= 11 is 0. The van der Waals surface area contributed by atoms with Crippen molar-refractivity contribution in [3.8, 4) is 0 Å².